The average Bonchev–Trinajstić information content (AvgIpc) is 2.88. The van der Waals surface area contributed by atoms with Crippen molar-refractivity contribution in [1.82, 2.24) is 29.9 Å². The van der Waals surface area contributed by atoms with Crippen LogP contribution in [-0.4, -0.2) is 29.9 Å². The number of aryl methyl sites for hydroxylation is 5. The zero-order valence-corrected chi connectivity index (χ0v) is 21.2. The maximum Gasteiger partial charge on any atom is 0.125 e. The van der Waals surface area contributed by atoms with Crippen molar-refractivity contribution in [3.63, 3.8) is 0 Å². The fraction of sp³-hybridized carbons (Fsp3) is 0.172. The van der Waals surface area contributed by atoms with Crippen molar-refractivity contribution in [3.8, 4) is 0 Å². The van der Waals surface area contributed by atoms with E-state index in [1.54, 1.807) is 43.2 Å². The molecule has 0 saturated carbocycles. The van der Waals surface area contributed by atoms with Crippen molar-refractivity contribution in [2.24, 2.45) is 0 Å². The van der Waals surface area contributed by atoms with Crippen molar-refractivity contribution in [2.75, 3.05) is 0 Å². The molecule has 4 aromatic heterocycles. The first-order valence-corrected chi connectivity index (χ1v) is 11.2. The molecule has 0 fully saturated rings. The second kappa shape index (κ2) is 19.2. The minimum atomic E-state index is 0.822. The number of nitrogens with zero attached hydrogens (tertiary/aromatic N) is 6. The molecule has 0 atom stereocenters. The van der Waals surface area contributed by atoms with Gasteiger partial charge in [0.1, 0.15) is 12.2 Å². The molecular weight excluding hydrogens is 432 g/mol. The van der Waals surface area contributed by atoms with Crippen molar-refractivity contribution in [3.05, 3.63) is 145 Å². The molecule has 0 spiro atoms. The van der Waals surface area contributed by atoms with E-state index < -0.39 is 0 Å². The first kappa shape index (κ1) is 28.7. The predicted octanol–water partition coefficient (Wildman–Crippen LogP) is 6.35. The highest BCUT2D eigenvalue weighted by Crippen LogP contribution is 1.92. The second-order valence-corrected chi connectivity index (χ2v) is 7.37. The van der Waals surface area contributed by atoms with E-state index in [1.165, 1.54) is 17.5 Å². The van der Waals surface area contributed by atoms with Crippen LogP contribution in [-0.2, 0) is 0 Å². The molecule has 0 N–H and O–H groups in total. The van der Waals surface area contributed by atoms with Gasteiger partial charge in [0.25, 0.3) is 0 Å². The number of hydrogen-bond acceptors (Lipinski definition) is 6. The van der Waals surface area contributed by atoms with E-state index >= 15 is 0 Å². The Labute approximate surface area is 209 Å². The topological polar surface area (TPSA) is 77.3 Å². The van der Waals surface area contributed by atoms with Gasteiger partial charge in [-0.15, -0.1) is 0 Å². The summed E-state index contributed by atoms with van der Waals surface area (Å²) in [6, 6.07) is 21.9. The van der Waals surface area contributed by atoms with Gasteiger partial charge in [-0.1, -0.05) is 48.0 Å². The van der Waals surface area contributed by atoms with Crippen LogP contribution in [0.25, 0.3) is 0 Å². The van der Waals surface area contributed by atoms with Crippen LogP contribution in [0, 0.1) is 34.6 Å². The van der Waals surface area contributed by atoms with Crippen molar-refractivity contribution >= 4 is 0 Å². The molecule has 0 bridgehead atoms. The maximum absolute atomic E-state index is 3.98. The summed E-state index contributed by atoms with van der Waals surface area (Å²) >= 11 is 0. The van der Waals surface area contributed by atoms with Gasteiger partial charge in [-0.05, 0) is 70.0 Å². The Hall–Kier alpha value is -4.32. The van der Waals surface area contributed by atoms with E-state index in [4.69, 9.17) is 0 Å². The van der Waals surface area contributed by atoms with Crippen LogP contribution in [0.3, 0.4) is 0 Å². The molecule has 0 amide bonds. The fourth-order valence-electron chi connectivity index (χ4n) is 2.18. The lowest BCUT2D eigenvalue weighted by Gasteiger charge is -1.82. The van der Waals surface area contributed by atoms with Crippen molar-refractivity contribution in [2.45, 2.75) is 34.6 Å². The summed E-state index contributed by atoms with van der Waals surface area (Å²) < 4.78 is 0. The Kier molecular flexibility index (Phi) is 15.7. The van der Waals surface area contributed by atoms with E-state index in [2.05, 4.69) is 49.0 Å². The average molecular weight is 467 g/mol. The van der Waals surface area contributed by atoms with Crippen molar-refractivity contribution in [1.29, 1.82) is 0 Å². The van der Waals surface area contributed by atoms with Gasteiger partial charge in [0, 0.05) is 49.1 Å². The molecule has 5 aromatic rings. The van der Waals surface area contributed by atoms with Gasteiger partial charge >= 0.3 is 0 Å². The first-order chi connectivity index (χ1) is 17.0. The quantitative estimate of drug-likeness (QED) is 0.265. The molecular formula is C29H34N6. The highest BCUT2D eigenvalue weighted by atomic mass is 14.8. The minimum Gasteiger partial charge on any atom is -0.264 e. The number of aromatic nitrogens is 6. The van der Waals surface area contributed by atoms with E-state index in [-0.39, 0.29) is 0 Å². The Bertz CT molecular complexity index is 891. The first-order valence-electron chi connectivity index (χ1n) is 11.2. The number of rotatable bonds is 0. The summed E-state index contributed by atoms with van der Waals surface area (Å²) in [6.45, 7) is 9.90. The molecule has 0 aliphatic heterocycles. The lowest BCUT2D eigenvalue weighted by atomic mass is 10.2. The van der Waals surface area contributed by atoms with Crippen molar-refractivity contribution < 1.29 is 0 Å². The standard InChI is InChI=1S/C7H8.2C6H7N.2C5H6N2/c1-7-5-3-2-4-6-7;1-6-3-2-4-7-5-6;1-6-4-2-3-5-7-6;1-5-2-6-4-7-3-5;1-5-6-3-2-4-7-5/h2-6H,1H3;2*2-5H,1H3;2*2-4H,1H3. The Balaban J connectivity index is 0.000000219. The zero-order valence-electron chi connectivity index (χ0n) is 21.2. The molecule has 0 radical (unpaired) electrons. The number of hydrogen-bond donors (Lipinski definition) is 0. The highest BCUT2D eigenvalue weighted by molar-refractivity contribution is 5.11. The summed E-state index contributed by atoms with van der Waals surface area (Å²) in [5, 5.41) is 0. The van der Waals surface area contributed by atoms with Crippen LogP contribution in [0.5, 0.6) is 0 Å². The summed E-state index contributed by atoms with van der Waals surface area (Å²) in [5.41, 5.74) is 4.70. The maximum atomic E-state index is 3.98. The third-order valence-electron chi connectivity index (χ3n) is 3.95. The lowest BCUT2D eigenvalue weighted by Crippen LogP contribution is -1.80. The SMILES string of the molecule is Cc1ccccc1.Cc1ccccn1.Cc1cccnc1.Cc1cncnc1.Cc1ncccn1. The minimum absolute atomic E-state index is 0.822. The highest BCUT2D eigenvalue weighted by Gasteiger charge is 1.76. The third-order valence-corrected chi connectivity index (χ3v) is 3.95. The summed E-state index contributed by atoms with van der Waals surface area (Å²) in [5.74, 6) is 0.822. The normalized spacial score (nSPS) is 8.71. The smallest absolute Gasteiger partial charge is 0.125 e. The van der Waals surface area contributed by atoms with Gasteiger partial charge in [0.2, 0.25) is 0 Å². The van der Waals surface area contributed by atoms with E-state index in [9.17, 15) is 0 Å². The van der Waals surface area contributed by atoms with Crippen LogP contribution < -0.4 is 0 Å². The monoisotopic (exact) mass is 466 g/mol. The largest absolute Gasteiger partial charge is 0.264 e. The number of benzene rings is 1. The van der Waals surface area contributed by atoms with Crippen LogP contribution in [0.2, 0.25) is 0 Å². The van der Waals surface area contributed by atoms with E-state index in [0.29, 0.717) is 0 Å². The van der Waals surface area contributed by atoms with Crippen LogP contribution in [0.1, 0.15) is 28.2 Å². The molecule has 5 rings (SSSR count). The second-order valence-electron chi connectivity index (χ2n) is 7.37. The summed E-state index contributed by atoms with van der Waals surface area (Å²) in [6.07, 6.45) is 13.9. The lowest BCUT2D eigenvalue weighted by molar-refractivity contribution is 1.05. The van der Waals surface area contributed by atoms with Crippen LogP contribution in [0.15, 0.2) is 116 Å². The van der Waals surface area contributed by atoms with Gasteiger partial charge in [-0.2, -0.15) is 0 Å². The third kappa shape index (κ3) is 17.9. The molecule has 6 nitrogen and oxygen atoms in total. The molecule has 1 aromatic carbocycles. The molecule has 6 heteroatoms. The Morgan fingerprint density at radius 1 is 0.429 bits per heavy atom. The zero-order chi connectivity index (χ0) is 25.6. The van der Waals surface area contributed by atoms with Crippen LogP contribution in [0.4, 0.5) is 0 Å². The molecule has 180 valence electrons. The van der Waals surface area contributed by atoms with Gasteiger partial charge in [-0.25, -0.2) is 19.9 Å². The van der Waals surface area contributed by atoms with Gasteiger partial charge in [-0.3, -0.25) is 9.97 Å². The van der Waals surface area contributed by atoms with Gasteiger partial charge < -0.3 is 0 Å². The number of pyridine rings is 2. The summed E-state index contributed by atoms with van der Waals surface area (Å²) in [4.78, 5) is 23.1. The molecule has 0 saturated heterocycles. The van der Waals surface area contributed by atoms with Gasteiger partial charge in [0.05, 0.1) is 0 Å². The summed E-state index contributed by atoms with van der Waals surface area (Å²) in [7, 11) is 0. The Morgan fingerprint density at radius 3 is 1.29 bits per heavy atom. The van der Waals surface area contributed by atoms with E-state index in [1.807, 2.05) is 82.4 Å². The van der Waals surface area contributed by atoms with Crippen LogP contribution >= 0.6 is 0 Å². The van der Waals surface area contributed by atoms with E-state index in [0.717, 1.165) is 17.1 Å². The predicted molar refractivity (Wildman–Crippen MR) is 143 cm³/mol. The molecule has 0 aliphatic rings. The Morgan fingerprint density at radius 2 is 1.00 bits per heavy atom. The molecule has 35 heavy (non-hydrogen) atoms. The molecule has 0 aliphatic carbocycles. The molecule has 0 unspecified atom stereocenters. The molecule has 4 heterocycles. The fourth-order valence-corrected chi connectivity index (χ4v) is 2.18. The van der Waals surface area contributed by atoms with Gasteiger partial charge in [0.15, 0.2) is 0 Å².